The van der Waals surface area contributed by atoms with Gasteiger partial charge in [0.05, 0.1) is 16.1 Å². The summed E-state index contributed by atoms with van der Waals surface area (Å²) in [5.41, 5.74) is 2.31. The van der Waals surface area contributed by atoms with Crippen molar-refractivity contribution >= 4 is 39.0 Å². The first-order valence-electron chi connectivity index (χ1n) is 14.2. The normalized spacial score (nSPS) is 17.0. The van der Waals surface area contributed by atoms with Crippen LogP contribution in [0.15, 0.2) is 41.3 Å². The van der Waals surface area contributed by atoms with E-state index in [0.29, 0.717) is 42.6 Å². The summed E-state index contributed by atoms with van der Waals surface area (Å²) in [4.78, 5) is 30.1. The molecule has 2 amide bonds. The largest absolute Gasteiger partial charge is 0.373 e. The minimum absolute atomic E-state index is 0.0469. The van der Waals surface area contributed by atoms with E-state index in [1.54, 1.807) is 18.2 Å². The van der Waals surface area contributed by atoms with Crippen LogP contribution in [0.1, 0.15) is 34.5 Å². The molecule has 2 aliphatic heterocycles. The number of nitrogens with zero attached hydrogens (tertiary/aromatic N) is 4. The minimum Gasteiger partial charge on any atom is -0.373 e. The van der Waals surface area contributed by atoms with E-state index >= 15 is 0 Å². The molecule has 1 atom stereocenters. The maximum Gasteiger partial charge on any atom is 0.258 e. The second-order valence-electron chi connectivity index (χ2n) is 11.1. The zero-order valence-electron chi connectivity index (χ0n) is 24.7. The topological polar surface area (TPSA) is 140 Å². The summed E-state index contributed by atoms with van der Waals surface area (Å²) in [6, 6.07) is 7.24. The lowest BCUT2D eigenvalue weighted by molar-refractivity contribution is -0.124. The van der Waals surface area contributed by atoms with Gasteiger partial charge in [-0.3, -0.25) is 14.7 Å². The highest BCUT2D eigenvalue weighted by molar-refractivity contribution is 7.89. The van der Waals surface area contributed by atoms with Gasteiger partial charge in [0.15, 0.2) is 5.82 Å². The van der Waals surface area contributed by atoms with Gasteiger partial charge in [-0.05, 0) is 57.3 Å². The molecule has 1 saturated heterocycles. The number of aromatic amines is 1. The molecule has 0 spiro atoms. The van der Waals surface area contributed by atoms with E-state index < -0.39 is 38.6 Å². The van der Waals surface area contributed by atoms with Gasteiger partial charge in [0.2, 0.25) is 10.0 Å². The maximum absolute atomic E-state index is 13.8. The van der Waals surface area contributed by atoms with Crippen molar-refractivity contribution in [2.45, 2.75) is 36.8 Å². The molecule has 5 rings (SSSR count). The number of halogens is 2. The Morgan fingerprint density at radius 3 is 2.52 bits per heavy atom. The van der Waals surface area contributed by atoms with Gasteiger partial charge in [0.25, 0.3) is 11.8 Å². The van der Waals surface area contributed by atoms with Crippen molar-refractivity contribution in [3.8, 4) is 0 Å². The van der Waals surface area contributed by atoms with Gasteiger partial charge in [0, 0.05) is 69.3 Å². The van der Waals surface area contributed by atoms with Crippen LogP contribution >= 0.6 is 0 Å². The Bertz CT molecular complexity index is 1640. The molecule has 0 saturated carbocycles. The Morgan fingerprint density at radius 1 is 1.09 bits per heavy atom. The van der Waals surface area contributed by atoms with Crippen LogP contribution in [0.4, 0.5) is 26.0 Å². The lowest BCUT2D eigenvalue weighted by Crippen LogP contribution is -2.36. The monoisotopic (exact) mass is 631 g/mol. The predicted molar refractivity (Wildman–Crippen MR) is 160 cm³/mol. The van der Waals surface area contributed by atoms with E-state index in [1.165, 1.54) is 0 Å². The first-order chi connectivity index (χ1) is 20.9. The number of nitrogens with one attached hydrogen (secondary N) is 3. The number of fused-ring (bicyclic) bond motifs is 1. The van der Waals surface area contributed by atoms with Gasteiger partial charge in [0.1, 0.15) is 17.7 Å². The number of carbonyl (C=O) groups is 2. The van der Waals surface area contributed by atoms with E-state index in [0.717, 1.165) is 35.1 Å². The molecule has 15 heteroatoms. The average molecular weight is 632 g/mol. The van der Waals surface area contributed by atoms with Gasteiger partial charge < -0.3 is 25.2 Å². The van der Waals surface area contributed by atoms with Crippen LogP contribution in [0.2, 0.25) is 0 Å². The summed E-state index contributed by atoms with van der Waals surface area (Å²) in [6.45, 7) is 1.86. The number of carbonyl (C=O) groups excluding carboxylic acids is 2. The third-order valence-corrected chi connectivity index (χ3v) is 9.48. The summed E-state index contributed by atoms with van der Waals surface area (Å²) in [5.74, 6) is -2.82. The number of hydrogen-bond donors (Lipinski definition) is 3. The SMILES string of the molecule is CN(C)CCN(C)c1ccc(C(=O)Nc2n[nH]c3c2CN(S(=O)(=O)c2cc(F)cc(F)c2)CC3)c(NC(=O)[C@@H]2CCCO2)c1. The van der Waals surface area contributed by atoms with Gasteiger partial charge in [-0.25, -0.2) is 17.2 Å². The van der Waals surface area contributed by atoms with Gasteiger partial charge >= 0.3 is 0 Å². The van der Waals surface area contributed by atoms with Crippen molar-refractivity contribution < 1.29 is 31.5 Å². The summed E-state index contributed by atoms with van der Waals surface area (Å²) in [6.07, 6.45) is 0.978. The van der Waals surface area contributed by atoms with E-state index in [1.807, 2.05) is 30.9 Å². The number of sulfonamides is 1. The van der Waals surface area contributed by atoms with Crippen LogP contribution in [0.25, 0.3) is 0 Å². The highest BCUT2D eigenvalue weighted by atomic mass is 32.2. The fraction of sp³-hybridized carbons (Fsp3) is 0.414. The standard InChI is InChI=1S/C29H35F2N7O5S/c1-36(2)10-11-37(3)20-6-7-22(25(16-20)32-29(40)26-5-4-12-43-26)28(39)33-27-23-17-38(9-8-24(23)34-35-27)44(41,42)21-14-18(30)13-19(31)15-21/h6-7,13-16,26H,4-5,8-12,17H2,1-3H3,(H,32,40)(H2,33,34,35,39)/t26-/m0/s1. The summed E-state index contributed by atoms with van der Waals surface area (Å²) >= 11 is 0. The lowest BCUT2D eigenvalue weighted by atomic mass is 10.1. The Morgan fingerprint density at radius 2 is 1.84 bits per heavy atom. The van der Waals surface area contributed by atoms with Crippen LogP contribution in [0, 0.1) is 11.6 Å². The van der Waals surface area contributed by atoms with Crippen LogP contribution in [0.5, 0.6) is 0 Å². The maximum atomic E-state index is 13.8. The molecule has 1 fully saturated rings. The van der Waals surface area contributed by atoms with Crippen molar-refractivity contribution in [1.29, 1.82) is 0 Å². The summed E-state index contributed by atoms with van der Waals surface area (Å²) in [5, 5.41) is 12.6. The number of benzene rings is 2. The van der Waals surface area contributed by atoms with E-state index in [2.05, 4.69) is 20.8 Å². The zero-order chi connectivity index (χ0) is 31.6. The number of aromatic nitrogens is 2. The molecule has 2 aliphatic rings. The minimum atomic E-state index is -4.24. The Hall–Kier alpha value is -3.92. The fourth-order valence-corrected chi connectivity index (χ4v) is 6.58. The van der Waals surface area contributed by atoms with Gasteiger partial charge in [-0.1, -0.05) is 0 Å². The molecule has 0 radical (unpaired) electrons. The molecule has 12 nitrogen and oxygen atoms in total. The van der Waals surface area contributed by atoms with Crippen LogP contribution in [0.3, 0.4) is 0 Å². The number of ether oxygens (including phenoxy) is 1. The first kappa shape index (κ1) is 31.5. The lowest BCUT2D eigenvalue weighted by Gasteiger charge is -2.26. The third-order valence-electron chi connectivity index (χ3n) is 7.66. The number of rotatable bonds is 10. The molecular formula is C29H35F2N7O5S. The molecule has 1 aromatic heterocycles. The van der Waals surface area contributed by atoms with Crippen LogP contribution < -0.4 is 15.5 Å². The van der Waals surface area contributed by atoms with E-state index in [4.69, 9.17) is 4.74 Å². The molecule has 3 heterocycles. The molecule has 44 heavy (non-hydrogen) atoms. The highest BCUT2D eigenvalue weighted by Gasteiger charge is 2.33. The van der Waals surface area contributed by atoms with Crippen molar-refractivity contribution in [3.63, 3.8) is 0 Å². The fourth-order valence-electron chi connectivity index (χ4n) is 5.13. The van der Waals surface area contributed by atoms with E-state index in [-0.39, 0.29) is 36.8 Å². The Balaban J connectivity index is 1.39. The first-order valence-corrected chi connectivity index (χ1v) is 15.6. The number of likely N-dealkylation sites (N-methyl/N-ethyl adjacent to an activating group) is 2. The number of H-pyrrole nitrogens is 1. The van der Waals surface area contributed by atoms with Crippen molar-refractivity contribution in [1.82, 2.24) is 19.4 Å². The van der Waals surface area contributed by atoms with Crippen molar-refractivity contribution in [2.24, 2.45) is 0 Å². The summed E-state index contributed by atoms with van der Waals surface area (Å²) < 4.78 is 60.7. The van der Waals surface area contributed by atoms with Crippen LogP contribution in [-0.2, 0) is 32.5 Å². The Labute approximate surface area is 254 Å². The molecule has 0 bridgehead atoms. The highest BCUT2D eigenvalue weighted by Crippen LogP contribution is 2.30. The number of amides is 2. The second-order valence-corrected chi connectivity index (χ2v) is 13.1. The smallest absolute Gasteiger partial charge is 0.258 e. The zero-order valence-corrected chi connectivity index (χ0v) is 25.5. The van der Waals surface area contributed by atoms with E-state index in [9.17, 15) is 26.8 Å². The summed E-state index contributed by atoms with van der Waals surface area (Å²) in [7, 11) is 1.61. The third kappa shape index (κ3) is 6.90. The Kier molecular flexibility index (Phi) is 9.29. The van der Waals surface area contributed by atoms with Gasteiger partial charge in [-0.15, -0.1) is 0 Å². The molecule has 0 aliphatic carbocycles. The molecule has 3 N–H and O–H groups in total. The van der Waals surface area contributed by atoms with Crippen LogP contribution in [-0.4, -0.2) is 93.1 Å². The molecule has 3 aromatic rings. The molecular weight excluding hydrogens is 596 g/mol. The second kappa shape index (κ2) is 13.0. The quantitative estimate of drug-likeness (QED) is 0.311. The van der Waals surface area contributed by atoms with Gasteiger partial charge in [-0.2, -0.15) is 9.40 Å². The van der Waals surface area contributed by atoms with Crippen molar-refractivity contribution in [3.05, 3.63) is 64.9 Å². The number of hydrogen-bond acceptors (Lipinski definition) is 8. The predicted octanol–water partition coefficient (Wildman–Crippen LogP) is 2.80. The molecule has 2 aromatic carbocycles. The van der Waals surface area contributed by atoms with Crippen molar-refractivity contribution in [2.75, 3.05) is 62.9 Å². The average Bonchev–Trinajstić information content (AvgIpc) is 3.66. The number of anilines is 3. The molecule has 236 valence electrons. The molecule has 0 unspecified atom stereocenters.